The van der Waals surface area contributed by atoms with Crippen molar-refractivity contribution in [2.45, 2.75) is 6.54 Å². The van der Waals surface area contributed by atoms with E-state index in [4.69, 9.17) is 44.6 Å². The van der Waals surface area contributed by atoms with Gasteiger partial charge in [-0.3, -0.25) is 14.5 Å². The van der Waals surface area contributed by atoms with Crippen molar-refractivity contribution < 1.29 is 24.2 Å². The summed E-state index contributed by atoms with van der Waals surface area (Å²) in [5.41, 5.74) is 1.04. The molecular formula is C19H12Cl3NO5S. The van der Waals surface area contributed by atoms with Crippen LogP contribution >= 0.6 is 46.6 Å². The predicted octanol–water partition coefficient (Wildman–Crippen LogP) is 5.35. The number of carbonyl (C=O) groups excluding carboxylic acids is 2. The van der Waals surface area contributed by atoms with Crippen LogP contribution in [-0.2, 0) is 16.1 Å². The summed E-state index contributed by atoms with van der Waals surface area (Å²) in [7, 11) is 0. The van der Waals surface area contributed by atoms with Crippen LogP contribution in [0.5, 0.6) is 5.75 Å². The van der Waals surface area contributed by atoms with E-state index >= 15 is 0 Å². The highest BCUT2D eigenvalue weighted by molar-refractivity contribution is 8.18. The van der Waals surface area contributed by atoms with Gasteiger partial charge in [0, 0.05) is 15.6 Å². The van der Waals surface area contributed by atoms with Gasteiger partial charge in [0.15, 0.2) is 6.61 Å². The quantitative estimate of drug-likeness (QED) is 0.571. The molecule has 1 saturated heterocycles. The van der Waals surface area contributed by atoms with Crippen molar-refractivity contribution in [2.75, 3.05) is 6.61 Å². The van der Waals surface area contributed by atoms with Gasteiger partial charge >= 0.3 is 5.97 Å². The zero-order chi connectivity index (χ0) is 21.1. The Kier molecular flexibility index (Phi) is 6.74. The molecule has 2 aromatic carbocycles. The normalized spacial score (nSPS) is 15.3. The van der Waals surface area contributed by atoms with Crippen LogP contribution in [0.3, 0.4) is 0 Å². The number of nitrogens with zero attached hydrogens (tertiary/aromatic N) is 1. The first-order valence-electron chi connectivity index (χ1n) is 8.08. The van der Waals surface area contributed by atoms with Crippen LogP contribution < -0.4 is 4.74 Å². The molecule has 29 heavy (non-hydrogen) atoms. The van der Waals surface area contributed by atoms with Crippen LogP contribution in [0.25, 0.3) is 6.08 Å². The van der Waals surface area contributed by atoms with E-state index in [1.165, 1.54) is 18.2 Å². The number of aliphatic carboxylic acids is 1. The van der Waals surface area contributed by atoms with Crippen LogP contribution in [0.15, 0.2) is 41.3 Å². The number of thioether (sulfide) groups is 1. The van der Waals surface area contributed by atoms with Crippen molar-refractivity contribution in [3.05, 3.63) is 67.5 Å². The van der Waals surface area contributed by atoms with Crippen molar-refractivity contribution in [1.29, 1.82) is 0 Å². The minimum absolute atomic E-state index is 0.0385. The van der Waals surface area contributed by atoms with Crippen LogP contribution in [-0.4, -0.2) is 33.7 Å². The molecule has 0 atom stereocenters. The molecule has 0 aromatic heterocycles. The van der Waals surface area contributed by atoms with E-state index in [0.29, 0.717) is 21.2 Å². The second-order valence-electron chi connectivity index (χ2n) is 5.84. The number of ether oxygens (including phenoxy) is 1. The fourth-order valence-electron chi connectivity index (χ4n) is 2.49. The summed E-state index contributed by atoms with van der Waals surface area (Å²) in [6, 6.07) is 9.54. The Labute approximate surface area is 185 Å². The Balaban J connectivity index is 1.79. The Hall–Kier alpha value is -2.19. The summed E-state index contributed by atoms with van der Waals surface area (Å²) in [5, 5.41) is 9.13. The number of imide groups is 1. The van der Waals surface area contributed by atoms with E-state index in [1.807, 2.05) is 0 Å². The minimum Gasteiger partial charge on any atom is -0.480 e. The molecule has 1 fully saturated rings. The van der Waals surface area contributed by atoms with Gasteiger partial charge in [0.25, 0.3) is 11.1 Å². The van der Waals surface area contributed by atoms with Crippen LogP contribution in [0.4, 0.5) is 4.79 Å². The van der Waals surface area contributed by atoms with E-state index < -0.39 is 23.7 Å². The average Bonchev–Trinajstić information content (AvgIpc) is 2.91. The molecule has 3 rings (SSSR count). The number of amides is 2. The molecule has 150 valence electrons. The van der Waals surface area contributed by atoms with E-state index in [0.717, 1.165) is 16.7 Å². The first-order chi connectivity index (χ1) is 13.8. The Morgan fingerprint density at radius 3 is 2.41 bits per heavy atom. The summed E-state index contributed by atoms with van der Waals surface area (Å²) in [6.07, 6.45) is 1.52. The van der Waals surface area contributed by atoms with Crippen LogP contribution in [0, 0.1) is 0 Å². The first-order valence-corrected chi connectivity index (χ1v) is 10.0. The zero-order valence-corrected chi connectivity index (χ0v) is 17.6. The number of rotatable bonds is 6. The van der Waals surface area contributed by atoms with Gasteiger partial charge in [-0.2, -0.15) is 0 Å². The standard InChI is InChI=1S/C19H12Cl3NO5S/c20-12-2-1-3-13(21)11(12)8-23-18(26)16(29-19(23)27)7-10-4-5-15(14(22)6-10)28-9-17(24)25/h1-7H,8-9H2,(H,24,25)/b16-7-. The van der Waals surface area contributed by atoms with Gasteiger partial charge in [-0.05, 0) is 47.7 Å². The lowest BCUT2D eigenvalue weighted by atomic mass is 10.2. The van der Waals surface area contributed by atoms with Crippen LogP contribution in [0.1, 0.15) is 11.1 Å². The fourth-order valence-corrected chi connectivity index (χ4v) is 4.09. The Morgan fingerprint density at radius 2 is 1.79 bits per heavy atom. The lowest BCUT2D eigenvalue weighted by Crippen LogP contribution is -2.27. The van der Waals surface area contributed by atoms with Gasteiger partial charge in [-0.15, -0.1) is 0 Å². The van der Waals surface area contributed by atoms with Crippen molar-refractivity contribution in [3.8, 4) is 5.75 Å². The number of carbonyl (C=O) groups is 3. The third kappa shape index (κ3) is 5.05. The molecule has 0 aliphatic carbocycles. The highest BCUT2D eigenvalue weighted by Crippen LogP contribution is 2.36. The predicted molar refractivity (Wildman–Crippen MR) is 113 cm³/mol. The highest BCUT2D eigenvalue weighted by atomic mass is 35.5. The molecule has 2 aromatic rings. The molecule has 10 heteroatoms. The molecule has 0 spiro atoms. The smallest absolute Gasteiger partial charge is 0.341 e. The summed E-state index contributed by atoms with van der Waals surface area (Å²) in [5.74, 6) is -1.40. The monoisotopic (exact) mass is 471 g/mol. The molecule has 0 unspecified atom stereocenters. The second-order valence-corrected chi connectivity index (χ2v) is 8.06. The van der Waals surface area contributed by atoms with Crippen LogP contribution in [0.2, 0.25) is 15.1 Å². The fraction of sp³-hybridized carbons (Fsp3) is 0.105. The maximum absolute atomic E-state index is 12.7. The largest absolute Gasteiger partial charge is 0.480 e. The van der Waals surface area contributed by atoms with E-state index in [1.54, 1.807) is 24.3 Å². The van der Waals surface area contributed by atoms with E-state index in [9.17, 15) is 14.4 Å². The first kappa shape index (κ1) is 21.5. The number of hydrogen-bond donors (Lipinski definition) is 1. The van der Waals surface area contributed by atoms with Crippen molar-refractivity contribution in [2.24, 2.45) is 0 Å². The molecule has 1 aliphatic rings. The number of hydrogen-bond acceptors (Lipinski definition) is 5. The van der Waals surface area contributed by atoms with Gasteiger partial charge in [-0.1, -0.05) is 46.9 Å². The van der Waals surface area contributed by atoms with Gasteiger partial charge in [0.1, 0.15) is 5.75 Å². The van der Waals surface area contributed by atoms with E-state index in [2.05, 4.69) is 0 Å². The lowest BCUT2D eigenvalue weighted by molar-refractivity contribution is -0.139. The third-order valence-corrected chi connectivity index (χ3v) is 5.77. The average molecular weight is 473 g/mol. The van der Waals surface area contributed by atoms with E-state index in [-0.39, 0.29) is 22.2 Å². The topological polar surface area (TPSA) is 83.9 Å². The molecule has 0 radical (unpaired) electrons. The molecule has 0 bridgehead atoms. The van der Waals surface area contributed by atoms with Gasteiger partial charge < -0.3 is 9.84 Å². The molecule has 6 nitrogen and oxygen atoms in total. The van der Waals surface area contributed by atoms with Crippen molar-refractivity contribution >= 4 is 69.8 Å². The maximum atomic E-state index is 12.7. The molecule has 1 heterocycles. The number of carboxylic acids is 1. The molecule has 1 aliphatic heterocycles. The third-order valence-electron chi connectivity index (χ3n) is 3.86. The minimum atomic E-state index is -1.13. The maximum Gasteiger partial charge on any atom is 0.341 e. The van der Waals surface area contributed by atoms with Gasteiger partial charge in [0.2, 0.25) is 0 Å². The summed E-state index contributed by atoms with van der Waals surface area (Å²) in [6.45, 7) is -0.564. The number of carboxylic acid groups (broad SMARTS) is 1. The van der Waals surface area contributed by atoms with Crippen molar-refractivity contribution in [3.63, 3.8) is 0 Å². The summed E-state index contributed by atoms with van der Waals surface area (Å²) >= 11 is 19.1. The van der Waals surface area contributed by atoms with Gasteiger partial charge in [-0.25, -0.2) is 4.79 Å². The zero-order valence-electron chi connectivity index (χ0n) is 14.5. The lowest BCUT2D eigenvalue weighted by Gasteiger charge is -2.14. The van der Waals surface area contributed by atoms with Crippen molar-refractivity contribution in [1.82, 2.24) is 4.90 Å². The van der Waals surface area contributed by atoms with Gasteiger partial charge in [0.05, 0.1) is 16.5 Å². The number of benzene rings is 2. The highest BCUT2D eigenvalue weighted by Gasteiger charge is 2.35. The molecule has 1 N–H and O–H groups in total. The number of halogens is 3. The second kappa shape index (κ2) is 9.09. The summed E-state index contributed by atoms with van der Waals surface area (Å²) in [4.78, 5) is 36.9. The molecule has 0 saturated carbocycles. The molecular weight excluding hydrogens is 461 g/mol. The Morgan fingerprint density at radius 1 is 1.10 bits per heavy atom. The summed E-state index contributed by atoms with van der Waals surface area (Å²) < 4.78 is 5.06. The Bertz CT molecular complexity index is 1020. The SMILES string of the molecule is O=C(O)COc1ccc(/C=C2\SC(=O)N(Cc3c(Cl)cccc3Cl)C2=O)cc1Cl. The molecule has 2 amide bonds.